The number of amides is 2. The van der Waals surface area contributed by atoms with E-state index in [-0.39, 0.29) is 25.3 Å². The first-order valence-electron chi connectivity index (χ1n) is 8.44. The van der Waals surface area contributed by atoms with Crippen molar-refractivity contribution >= 4 is 23.8 Å². The molecule has 1 rings (SSSR count). The van der Waals surface area contributed by atoms with Crippen LogP contribution in [0, 0.1) is 5.92 Å². The summed E-state index contributed by atoms with van der Waals surface area (Å²) < 4.78 is 0. The highest BCUT2D eigenvalue weighted by molar-refractivity contribution is 5.92. The average Bonchev–Trinajstić information content (AvgIpc) is 2.99. The molecule has 0 unspecified atom stereocenters. The second-order valence-corrected chi connectivity index (χ2v) is 6.76. The first-order valence-corrected chi connectivity index (χ1v) is 8.44. The van der Waals surface area contributed by atoms with Gasteiger partial charge in [0.2, 0.25) is 11.8 Å². The van der Waals surface area contributed by atoms with Crippen LogP contribution in [0.2, 0.25) is 0 Å². The van der Waals surface area contributed by atoms with Gasteiger partial charge in [-0.15, -0.1) is 0 Å². The summed E-state index contributed by atoms with van der Waals surface area (Å²) in [6, 6.07) is -2.85. The molecule has 2 amide bonds. The Morgan fingerprint density at radius 1 is 1.24 bits per heavy atom. The van der Waals surface area contributed by atoms with Crippen LogP contribution >= 0.6 is 0 Å². The summed E-state index contributed by atoms with van der Waals surface area (Å²) in [4.78, 5) is 48.2. The molecule has 0 aliphatic carbocycles. The number of hydrogen-bond donors (Lipinski definition) is 4. The number of aliphatic carboxylic acids is 2. The van der Waals surface area contributed by atoms with Crippen LogP contribution in [0.3, 0.4) is 0 Å². The van der Waals surface area contributed by atoms with Crippen LogP contribution in [-0.2, 0) is 19.2 Å². The third-order valence-electron chi connectivity index (χ3n) is 4.14. The van der Waals surface area contributed by atoms with Crippen LogP contribution in [0.4, 0.5) is 0 Å². The minimum absolute atomic E-state index is 0.114. The van der Waals surface area contributed by atoms with Gasteiger partial charge in [-0.05, 0) is 31.6 Å². The zero-order chi connectivity index (χ0) is 19.1. The van der Waals surface area contributed by atoms with Crippen molar-refractivity contribution in [2.24, 2.45) is 11.7 Å². The molecule has 1 heterocycles. The molecule has 0 spiro atoms. The second kappa shape index (κ2) is 9.36. The van der Waals surface area contributed by atoms with Gasteiger partial charge in [0.25, 0.3) is 0 Å². The van der Waals surface area contributed by atoms with E-state index in [9.17, 15) is 24.3 Å². The SMILES string of the molecule is CC(C)C[C@H](N)C(=O)N[C@@H](CCC(=O)O)C(=O)N1CCC[C@@H]1C(=O)O. The summed E-state index contributed by atoms with van der Waals surface area (Å²) in [7, 11) is 0. The summed E-state index contributed by atoms with van der Waals surface area (Å²) in [5.74, 6) is -3.14. The maximum Gasteiger partial charge on any atom is 0.326 e. The van der Waals surface area contributed by atoms with Crippen LogP contribution in [0.5, 0.6) is 0 Å². The number of hydrogen-bond acceptors (Lipinski definition) is 5. The summed E-state index contributed by atoms with van der Waals surface area (Å²) in [6.45, 7) is 4.08. The van der Waals surface area contributed by atoms with E-state index in [0.717, 1.165) is 0 Å². The van der Waals surface area contributed by atoms with E-state index in [1.54, 1.807) is 0 Å². The van der Waals surface area contributed by atoms with Gasteiger partial charge >= 0.3 is 11.9 Å². The highest BCUT2D eigenvalue weighted by Gasteiger charge is 2.38. The van der Waals surface area contributed by atoms with Crippen molar-refractivity contribution in [3.8, 4) is 0 Å². The van der Waals surface area contributed by atoms with Crippen LogP contribution in [0.1, 0.15) is 46.0 Å². The lowest BCUT2D eigenvalue weighted by molar-refractivity contribution is -0.150. The monoisotopic (exact) mass is 357 g/mol. The van der Waals surface area contributed by atoms with Gasteiger partial charge in [0.15, 0.2) is 0 Å². The molecule has 0 radical (unpaired) electrons. The summed E-state index contributed by atoms with van der Waals surface area (Å²) >= 11 is 0. The number of nitrogens with two attached hydrogens (primary N) is 1. The number of rotatable bonds is 9. The molecular formula is C16H27N3O6. The molecule has 1 aliphatic rings. The largest absolute Gasteiger partial charge is 0.481 e. The summed E-state index contributed by atoms with van der Waals surface area (Å²) in [6.07, 6.45) is 0.884. The molecule has 3 atom stereocenters. The lowest BCUT2D eigenvalue weighted by atomic mass is 10.0. The number of carbonyl (C=O) groups excluding carboxylic acids is 2. The van der Waals surface area contributed by atoms with Crippen molar-refractivity contribution in [1.29, 1.82) is 0 Å². The maximum absolute atomic E-state index is 12.7. The third-order valence-corrected chi connectivity index (χ3v) is 4.14. The normalized spacial score (nSPS) is 19.5. The number of nitrogens with zero attached hydrogens (tertiary/aromatic N) is 1. The molecule has 0 aromatic heterocycles. The molecule has 0 saturated carbocycles. The van der Waals surface area contributed by atoms with Gasteiger partial charge < -0.3 is 26.2 Å². The lowest BCUT2D eigenvalue weighted by Gasteiger charge is -2.28. The first kappa shape index (κ1) is 20.9. The zero-order valence-electron chi connectivity index (χ0n) is 14.6. The molecule has 0 aromatic rings. The Hall–Kier alpha value is -2.16. The number of nitrogens with one attached hydrogen (secondary N) is 1. The Labute approximate surface area is 146 Å². The van der Waals surface area contributed by atoms with Gasteiger partial charge in [-0.3, -0.25) is 14.4 Å². The molecule has 9 heteroatoms. The quantitative estimate of drug-likeness (QED) is 0.445. The van der Waals surface area contributed by atoms with E-state index in [4.69, 9.17) is 10.8 Å². The number of likely N-dealkylation sites (tertiary alicyclic amines) is 1. The predicted molar refractivity (Wildman–Crippen MR) is 88.6 cm³/mol. The molecule has 142 valence electrons. The van der Waals surface area contributed by atoms with Gasteiger partial charge in [-0.1, -0.05) is 13.8 Å². The van der Waals surface area contributed by atoms with E-state index >= 15 is 0 Å². The van der Waals surface area contributed by atoms with Crippen molar-refractivity contribution in [3.63, 3.8) is 0 Å². The molecule has 25 heavy (non-hydrogen) atoms. The molecule has 1 aliphatic heterocycles. The van der Waals surface area contributed by atoms with Gasteiger partial charge in [0, 0.05) is 13.0 Å². The Balaban J connectivity index is 2.84. The molecule has 1 fully saturated rings. The molecule has 0 aromatic carbocycles. The topological polar surface area (TPSA) is 150 Å². The molecule has 0 bridgehead atoms. The van der Waals surface area contributed by atoms with Gasteiger partial charge in [0.05, 0.1) is 6.04 Å². The van der Waals surface area contributed by atoms with Crippen LogP contribution in [-0.4, -0.2) is 63.5 Å². The Kier molecular flexibility index (Phi) is 7.82. The van der Waals surface area contributed by atoms with Gasteiger partial charge in [-0.25, -0.2) is 4.79 Å². The minimum atomic E-state index is -1.11. The van der Waals surface area contributed by atoms with Crippen molar-refractivity contribution in [2.75, 3.05) is 6.54 Å². The minimum Gasteiger partial charge on any atom is -0.481 e. The molecule has 1 saturated heterocycles. The molecular weight excluding hydrogens is 330 g/mol. The highest BCUT2D eigenvalue weighted by atomic mass is 16.4. The van der Waals surface area contributed by atoms with E-state index in [1.807, 2.05) is 13.8 Å². The zero-order valence-corrected chi connectivity index (χ0v) is 14.6. The van der Waals surface area contributed by atoms with E-state index in [0.29, 0.717) is 19.3 Å². The summed E-state index contributed by atoms with van der Waals surface area (Å²) in [5.41, 5.74) is 5.80. The van der Waals surface area contributed by atoms with Gasteiger partial charge in [-0.2, -0.15) is 0 Å². The van der Waals surface area contributed by atoms with Crippen molar-refractivity contribution < 1.29 is 29.4 Å². The fourth-order valence-electron chi connectivity index (χ4n) is 2.91. The highest BCUT2D eigenvalue weighted by Crippen LogP contribution is 2.19. The third kappa shape index (κ3) is 6.33. The smallest absolute Gasteiger partial charge is 0.326 e. The standard InChI is InChI=1S/C16H27N3O6/c1-9(2)8-10(17)14(22)18-11(5-6-13(20)21)15(23)19-7-3-4-12(19)16(24)25/h9-12H,3-8,17H2,1-2H3,(H,18,22)(H,20,21)(H,24,25)/t10-,11-,12+/m0/s1. The fourth-order valence-corrected chi connectivity index (χ4v) is 2.91. The lowest BCUT2D eigenvalue weighted by Crippen LogP contribution is -2.54. The average molecular weight is 357 g/mol. The second-order valence-electron chi connectivity index (χ2n) is 6.76. The van der Waals surface area contributed by atoms with E-state index < -0.39 is 41.9 Å². The van der Waals surface area contributed by atoms with Crippen LogP contribution in [0.15, 0.2) is 0 Å². The first-order chi connectivity index (χ1) is 11.6. The summed E-state index contributed by atoms with van der Waals surface area (Å²) in [5, 5.41) is 20.6. The van der Waals surface area contributed by atoms with Crippen LogP contribution < -0.4 is 11.1 Å². The van der Waals surface area contributed by atoms with E-state index in [1.165, 1.54) is 4.90 Å². The number of carbonyl (C=O) groups is 4. The number of carboxylic acid groups (broad SMARTS) is 2. The van der Waals surface area contributed by atoms with Crippen molar-refractivity contribution in [2.45, 2.75) is 64.1 Å². The molecule has 5 N–H and O–H groups in total. The maximum atomic E-state index is 12.7. The predicted octanol–water partition coefficient (Wildman–Crippen LogP) is -0.215. The Morgan fingerprint density at radius 3 is 2.40 bits per heavy atom. The van der Waals surface area contributed by atoms with Gasteiger partial charge in [0.1, 0.15) is 12.1 Å². The fraction of sp³-hybridized carbons (Fsp3) is 0.750. The van der Waals surface area contributed by atoms with Crippen molar-refractivity contribution in [3.05, 3.63) is 0 Å². The van der Waals surface area contributed by atoms with Crippen LogP contribution in [0.25, 0.3) is 0 Å². The Morgan fingerprint density at radius 2 is 1.88 bits per heavy atom. The van der Waals surface area contributed by atoms with E-state index in [2.05, 4.69) is 5.32 Å². The molecule has 9 nitrogen and oxygen atoms in total. The van der Waals surface area contributed by atoms with Crippen molar-refractivity contribution in [1.82, 2.24) is 10.2 Å². The number of carboxylic acids is 2. The Bertz CT molecular complexity index is 522.